The van der Waals surface area contributed by atoms with Crippen molar-refractivity contribution in [3.63, 3.8) is 0 Å². The SMILES string of the molecule is O=C(OCc1ccc2n[nH]nc2c1)c1ccc(Oc2cccnc2)cc1. The zero-order valence-electron chi connectivity index (χ0n) is 13.6. The fourth-order valence-corrected chi connectivity index (χ4v) is 2.41. The number of nitrogens with one attached hydrogen (secondary N) is 1. The summed E-state index contributed by atoms with van der Waals surface area (Å²) >= 11 is 0. The average molecular weight is 346 g/mol. The highest BCUT2D eigenvalue weighted by atomic mass is 16.5. The monoisotopic (exact) mass is 346 g/mol. The lowest BCUT2D eigenvalue weighted by Crippen LogP contribution is -2.05. The summed E-state index contributed by atoms with van der Waals surface area (Å²) in [6.45, 7) is 0.162. The van der Waals surface area contributed by atoms with Gasteiger partial charge in [-0.25, -0.2) is 4.79 Å². The van der Waals surface area contributed by atoms with Crippen molar-refractivity contribution in [1.29, 1.82) is 0 Å². The Bertz CT molecular complexity index is 1030. The van der Waals surface area contributed by atoms with Gasteiger partial charge in [-0.1, -0.05) is 6.07 Å². The molecule has 0 aliphatic carbocycles. The Kier molecular flexibility index (Phi) is 4.26. The highest BCUT2D eigenvalue weighted by Crippen LogP contribution is 2.21. The van der Waals surface area contributed by atoms with Gasteiger partial charge in [0.25, 0.3) is 0 Å². The summed E-state index contributed by atoms with van der Waals surface area (Å²) in [4.78, 5) is 16.2. The summed E-state index contributed by atoms with van der Waals surface area (Å²) in [5, 5.41) is 10.5. The van der Waals surface area contributed by atoms with E-state index in [1.165, 1.54) is 0 Å². The standard InChI is InChI=1S/C19H14N4O3/c24-19(25-12-13-3-8-17-18(10-13)22-23-21-17)14-4-6-15(7-5-14)26-16-2-1-9-20-11-16/h1-11H,12H2,(H,21,22,23). The minimum atomic E-state index is -0.404. The molecule has 0 saturated heterocycles. The van der Waals surface area contributed by atoms with Crippen LogP contribution in [0.3, 0.4) is 0 Å². The van der Waals surface area contributed by atoms with Crippen LogP contribution in [0.15, 0.2) is 67.0 Å². The number of rotatable bonds is 5. The van der Waals surface area contributed by atoms with Gasteiger partial charge in [0.05, 0.1) is 11.8 Å². The molecule has 2 aromatic heterocycles. The quantitative estimate of drug-likeness (QED) is 0.556. The molecule has 1 N–H and O–H groups in total. The summed E-state index contributed by atoms with van der Waals surface area (Å²) in [5.74, 6) is 0.843. The van der Waals surface area contributed by atoms with Gasteiger partial charge in [-0.3, -0.25) is 4.98 Å². The molecule has 7 nitrogen and oxygen atoms in total. The third-order valence-corrected chi connectivity index (χ3v) is 3.71. The summed E-state index contributed by atoms with van der Waals surface area (Å²) in [6, 6.07) is 15.9. The molecule has 26 heavy (non-hydrogen) atoms. The van der Waals surface area contributed by atoms with Crippen molar-refractivity contribution in [2.45, 2.75) is 6.61 Å². The normalized spacial score (nSPS) is 10.6. The smallest absolute Gasteiger partial charge is 0.338 e. The van der Waals surface area contributed by atoms with Gasteiger partial charge in [-0.05, 0) is 54.1 Å². The van der Waals surface area contributed by atoms with Crippen molar-refractivity contribution in [3.05, 3.63) is 78.1 Å². The molecule has 4 rings (SSSR count). The molecule has 128 valence electrons. The van der Waals surface area contributed by atoms with Crippen molar-refractivity contribution in [1.82, 2.24) is 20.4 Å². The van der Waals surface area contributed by atoms with Crippen molar-refractivity contribution >= 4 is 17.0 Å². The number of carbonyl (C=O) groups excluding carboxylic acids is 1. The lowest BCUT2D eigenvalue weighted by Gasteiger charge is -2.07. The maximum absolute atomic E-state index is 12.2. The average Bonchev–Trinajstić information content (AvgIpc) is 3.15. The maximum atomic E-state index is 12.2. The molecule has 0 amide bonds. The van der Waals surface area contributed by atoms with E-state index in [2.05, 4.69) is 20.4 Å². The molecule has 0 fully saturated rings. The van der Waals surface area contributed by atoms with Gasteiger partial charge in [0.15, 0.2) is 0 Å². The lowest BCUT2D eigenvalue weighted by atomic mass is 10.2. The number of fused-ring (bicyclic) bond motifs is 1. The van der Waals surface area contributed by atoms with Gasteiger partial charge in [0, 0.05) is 6.20 Å². The van der Waals surface area contributed by atoms with Crippen LogP contribution in [0.5, 0.6) is 11.5 Å². The third-order valence-electron chi connectivity index (χ3n) is 3.71. The zero-order valence-corrected chi connectivity index (χ0v) is 13.6. The fraction of sp³-hybridized carbons (Fsp3) is 0.0526. The first-order valence-corrected chi connectivity index (χ1v) is 7.92. The van der Waals surface area contributed by atoms with E-state index in [9.17, 15) is 4.79 Å². The van der Waals surface area contributed by atoms with Gasteiger partial charge < -0.3 is 9.47 Å². The van der Waals surface area contributed by atoms with E-state index in [0.717, 1.165) is 16.6 Å². The van der Waals surface area contributed by atoms with E-state index >= 15 is 0 Å². The number of aromatic amines is 1. The van der Waals surface area contributed by atoms with E-state index in [4.69, 9.17) is 9.47 Å². The molecule has 0 aliphatic rings. The largest absolute Gasteiger partial charge is 0.457 e. The van der Waals surface area contributed by atoms with E-state index in [1.54, 1.807) is 48.8 Å². The molecule has 0 unspecified atom stereocenters. The number of ether oxygens (including phenoxy) is 2. The van der Waals surface area contributed by atoms with Crippen molar-refractivity contribution < 1.29 is 14.3 Å². The highest BCUT2D eigenvalue weighted by Gasteiger charge is 2.09. The Balaban J connectivity index is 1.38. The van der Waals surface area contributed by atoms with Crippen LogP contribution in [0.25, 0.3) is 11.0 Å². The predicted molar refractivity (Wildman–Crippen MR) is 93.8 cm³/mol. The topological polar surface area (TPSA) is 90.0 Å². The number of pyridine rings is 1. The number of aromatic nitrogens is 4. The molecular weight excluding hydrogens is 332 g/mol. The second-order valence-electron chi connectivity index (χ2n) is 5.54. The Labute approximate surface area is 148 Å². The van der Waals surface area contributed by atoms with E-state index in [0.29, 0.717) is 17.1 Å². The molecule has 4 aromatic rings. The molecule has 2 aromatic carbocycles. The lowest BCUT2D eigenvalue weighted by molar-refractivity contribution is 0.0473. The van der Waals surface area contributed by atoms with Gasteiger partial charge in [0.1, 0.15) is 29.1 Å². The maximum Gasteiger partial charge on any atom is 0.338 e. The highest BCUT2D eigenvalue weighted by molar-refractivity contribution is 5.89. The summed E-state index contributed by atoms with van der Waals surface area (Å²) in [6.07, 6.45) is 3.29. The molecular formula is C19H14N4O3. The molecule has 2 heterocycles. The number of hydrogen-bond donors (Lipinski definition) is 1. The summed E-state index contributed by atoms with van der Waals surface area (Å²) < 4.78 is 11.0. The first-order chi connectivity index (χ1) is 12.8. The second-order valence-corrected chi connectivity index (χ2v) is 5.54. The van der Waals surface area contributed by atoms with E-state index < -0.39 is 5.97 Å². The van der Waals surface area contributed by atoms with E-state index in [1.807, 2.05) is 18.2 Å². The molecule has 0 radical (unpaired) electrons. The third kappa shape index (κ3) is 3.51. The van der Waals surface area contributed by atoms with Crippen LogP contribution in [0.4, 0.5) is 0 Å². The minimum Gasteiger partial charge on any atom is -0.457 e. The van der Waals surface area contributed by atoms with Gasteiger partial charge >= 0.3 is 5.97 Å². The number of esters is 1. The van der Waals surface area contributed by atoms with Crippen molar-refractivity contribution in [2.75, 3.05) is 0 Å². The number of H-pyrrole nitrogens is 1. The number of hydrogen-bond acceptors (Lipinski definition) is 6. The summed E-state index contributed by atoms with van der Waals surface area (Å²) in [7, 11) is 0. The minimum absolute atomic E-state index is 0.162. The van der Waals surface area contributed by atoms with Crippen LogP contribution in [0, 0.1) is 0 Å². The molecule has 0 spiro atoms. The number of nitrogens with zero attached hydrogens (tertiary/aromatic N) is 3. The molecule has 0 saturated carbocycles. The number of carbonyl (C=O) groups is 1. The van der Waals surface area contributed by atoms with Gasteiger partial charge in [-0.2, -0.15) is 15.4 Å². The van der Waals surface area contributed by atoms with Crippen LogP contribution in [-0.2, 0) is 11.3 Å². The van der Waals surface area contributed by atoms with Crippen LogP contribution in [-0.4, -0.2) is 26.4 Å². The first-order valence-electron chi connectivity index (χ1n) is 7.92. The predicted octanol–water partition coefficient (Wildman–Crippen LogP) is 3.50. The second kappa shape index (κ2) is 7.02. The van der Waals surface area contributed by atoms with Gasteiger partial charge in [-0.15, -0.1) is 0 Å². The molecule has 7 heteroatoms. The fourth-order valence-electron chi connectivity index (χ4n) is 2.41. The van der Waals surface area contributed by atoms with Crippen LogP contribution >= 0.6 is 0 Å². The Morgan fingerprint density at radius 2 is 1.81 bits per heavy atom. The van der Waals surface area contributed by atoms with Crippen molar-refractivity contribution in [2.24, 2.45) is 0 Å². The van der Waals surface area contributed by atoms with Crippen LogP contribution in [0.1, 0.15) is 15.9 Å². The summed E-state index contributed by atoms with van der Waals surface area (Å²) in [5.41, 5.74) is 2.79. The van der Waals surface area contributed by atoms with Crippen molar-refractivity contribution in [3.8, 4) is 11.5 Å². The number of benzene rings is 2. The molecule has 0 atom stereocenters. The molecule has 0 bridgehead atoms. The Morgan fingerprint density at radius 1 is 0.962 bits per heavy atom. The Hall–Kier alpha value is -3.74. The Morgan fingerprint density at radius 3 is 2.62 bits per heavy atom. The van der Waals surface area contributed by atoms with Crippen LogP contribution in [0.2, 0.25) is 0 Å². The zero-order chi connectivity index (χ0) is 17.8. The first kappa shape index (κ1) is 15.8. The van der Waals surface area contributed by atoms with Gasteiger partial charge in [0.2, 0.25) is 0 Å². The molecule has 0 aliphatic heterocycles. The van der Waals surface area contributed by atoms with Crippen LogP contribution < -0.4 is 4.74 Å². The van der Waals surface area contributed by atoms with E-state index in [-0.39, 0.29) is 6.61 Å².